The maximum absolute atomic E-state index is 14.0. The van der Waals surface area contributed by atoms with Crippen molar-refractivity contribution >= 4 is 23.2 Å². The second-order valence-electron chi connectivity index (χ2n) is 4.19. The first kappa shape index (κ1) is 14.9. The normalized spacial score (nSPS) is 11.1. The number of benzene rings is 1. The lowest BCUT2D eigenvalue weighted by atomic mass is 10.1. The van der Waals surface area contributed by atoms with E-state index >= 15 is 0 Å². The summed E-state index contributed by atoms with van der Waals surface area (Å²) in [6, 6.07) is 2.07. The van der Waals surface area contributed by atoms with Crippen molar-refractivity contribution in [1.82, 2.24) is 9.36 Å². The Morgan fingerprint density at radius 2 is 1.80 bits per heavy atom. The molecule has 2 aromatic rings. The van der Waals surface area contributed by atoms with Gasteiger partial charge in [0.15, 0.2) is 0 Å². The molecule has 0 spiro atoms. The molecule has 7 heteroatoms. The van der Waals surface area contributed by atoms with E-state index in [0.29, 0.717) is 13.1 Å². The van der Waals surface area contributed by atoms with Crippen molar-refractivity contribution in [3.05, 3.63) is 38.5 Å². The Labute approximate surface area is 124 Å². The predicted octanol–water partition coefficient (Wildman–Crippen LogP) is 3.51. The van der Waals surface area contributed by atoms with Crippen LogP contribution in [0.3, 0.4) is 0 Å². The fourth-order valence-corrected chi connectivity index (χ4v) is 2.69. The fraction of sp³-hybridized carbons (Fsp3) is 0.308. The molecule has 0 atom stereocenters. The average Bonchev–Trinajstić information content (AvgIpc) is 2.64. The van der Waals surface area contributed by atoms with Crippen LogP contribution in [0.1, 0.15) is 13.8 Å². The molecule has 4 nitrogen and oxygen atoms in total. The minimum absolute atomic E-state index is 0.0276. The molecule has 20 heavy (non-hydrogen) atoms. The highest BCUT2D eigenvalue weighted by Crippen LogP contribution is 2.34. The Morgan fingerprint density at radius 3 is 2.30 bits per heavy atom. The predicted molar refractivity (Wildman–Crippen MR) is 77.1 cm³/mol. The number of aromatic hydroxyl groups is 1. The van der Waals surface area contributed by atoms with Gasteiger partial charge in [0.05, 0.1) is 10.6 Å². The van der Waals surface area contributed by atoms with E-state index in [0.717, 1.165) is 12.1 Å². The quantitative estimate of drug-likeness (QED) is 0.941. The number of nitrogens with zero attached hydrogens (tertiary/aromatic N) is 2. The molecule has 108 valence electrons. The molecule has 0 unspecified atom stereocenters. The van der Waals surface area contributed by atoms with Crippen molar-refractivity contribution in [3.63, 3.8) is 0 Å². The number of hydrogen-bond acceptors (Lipinski definition) is 2. The second-order valence-corrected chi connectivity index (χ2v) is 4.95. The minimum Gasteiger partial charge on any atom is -0.506 e. The summed E-state index contributed by atoms with van der Waals surface area (Å²) in [5.74, 6) is -1.01. The van der Waals surface area contributed by atoms with E-state index in [9.17, 15) is 14.3 Å². The van der Waals surface area contributed by atoms with Crippen molar-refractivity contribution < 1.29 is 9.50 Å². The summed E-state index contributed by atoms with van der Waals surface area (Å²) in [5.41, 5.74) is -0.434. The molecule has 0 amide bonds. The Hall–Kier alpha value is -1.46. The van der Waals surface area contributed by atoms with Crippen LogP contribution < -0.4 is 5.56 Å². The Bertz CT molecular complexity index is 722. The van der Waals surface area contributed by atoms with E-state index in [1.54, 1.807) is 11.6 Å². The molecule has 0 aliphatic rings. The maximum atomic E-state index is 14.0. The molecule has 1 aromatic carbocycles. The van der Waals surface area contributed by atoms with Crippen LogP contribution in [0, 0.1) is 5.82 Å². The summed E-state index contributed by atoms with van der Waals surface area (Å²) in [4.78, 5) is 12.3. The zero-order valence-electron chi connectivity index (χ0n) is 11.0. The standard InChI is InChI=1S/C13H13Cl2FN2O2/c1-3-17-12(15)11(13(20)18(17)4-2)7-5-10(19)8(14)6-9(7)16/h5-6,19H,3-4H2,1-2H3. The van der Waals surface area contributed by atoms with E-state index in [1.807, 2.05) is 6.92 Å². The highest BCUT2D eigenvalue weighted by Gasteiger charge is 2.22. The summed E-state index contributed by atoms with van der Waals surface area (Å²) < 4.78 is 17.0. The van der Waals surface area contributed by atoms with Crippen molar-refractivity contribution in [1.29, 1.82) is 0 Å². The lowest BCUT2D eigenvalue weighted by molar-refractivity contribution is 0.474. The Balaban J connectivity index is 2.80. The second kappa shape index (κ2) is 5.50. The van der Waals surface area contributed by atoms with Crippen LogP contribution in [0.4, 0.5) is 4.39 Å². The molecular weight excluding hydrogens is 306 g/mol. The van der Waals surface area contributed by atoms with Crippen LogP contribution in [0.2, 0.25) is 10.2 Å². The van der Waals surface area contributed by atoms with E-state index in [1.165, 1.54) is 4.68 Å². The fourth-order valence-electron chi connectivity index (χ4n) is 2.14. The topological polar surface area (TPSA) is 47.2 Å². The van der Waals surface area contributed by atoms with Crippen molar-refractivity contribution in [3.8, 4) is 16.9 Å². The van der Waals surface area contributed by atoms with Crippen LogP contribution >= 0.6 is 23.2 Å². The lowest BCUT2D eigenvalue weighted by Gasteiger charge is -2.07. The molecule has 0 radical (unpaired) electrons. The highest BCUT2D eigenvalue weighted by molar-refractivity contribution is 6.33. The average molecular weight is 319 g/mol. The molecule has 0 saturated carbocycles. The van der Waals surface area contributed by atoms with Gasteiger partial charge in [0, 0.05) is 18.7 Å². The number of hydrogen-bond donors (Lipinski definition) is 1. The SMILES string of the molecule is CCn1c(Cl)c(-c2cc(O)c(Cl)cc2F)c(=O)n1CC. The van der Waals surface area contributed by atoms with Gasteiger partial charge in [0.2, 0.25) is 0 Å². The zero-order chi connectivity index (χ0) is 15.0. The van der Waals surface area contributed by atoms with Gasteiger partial charge in [-0.3, -0.25) is 9.48 Å². The summed E-state index contributed by atoms with van der Waals surface area (Å²) in [6.45, 7) is 4.51. The van der Waals surface area contributed by atoms with Gasteiger partial charge in [-0.25, -0.2) is 9.07 Å². The van der Waals surface area contributed by atoms with Crippen LogP contribution in [0.15, 0.2) is 16.9 Å². The van der Waals surface area contributed by atoms with Crippen LogP contribution in [0.25, 0.3) is 11.1 Å². The first-order valence-corrected chi connectivity index (χ1v) is 6.85. The summed E-state index contributed by atoms with van der Waals surface area (Å²) in [5, 5.41) is 9.62. The van der Waals surface area contributed by atoms with Crippen LogP contribution in [0.5, 0.6) is 5.75 Å². The molecule has 2 rings (SSSR count). The molecule has 1 heterocycles. The van der Waals surface area contributed by atoms with Gasteiger partial charge in [-0.15, -0.1) is 0 Å². The summed E-state index contributed by atoms with van der Waals surface area (Å²) in [7, 11) is 0. The van der Waals surface area contributed by atoms with Gasteiger partial charge in [0.1, 0.15) is 16.7 Å². The third-order valence-electron chi connectivity index (χ3n) is 3.08. The smallest absolute Gasteiger partial charge is 0.276 e. The molecule has 1 N–H and O–H groups in total. The number of halogens is 3. The zero-order valence-corrected chi connectivity index (χ0v) is 12.5. The first-order valence-electron chi connectivity index (χ1n) is 6.09. The van der Waals surface area contributed by atoms with Gasteiger partial charge in [-0.2, -0.15) is 0 Å². The maximum Gasteiger partial charge on any atom is 0.276 e. The summed E-state index contributed by atoms with van der Waals surface area (Å²) in [6.07, 6.45) is 0. The molecule has 0 aliphatic carbocycles. The first-order chi connectivity index (χ1) is 9.42. The Morgan fingerprint density at radius 1 is 1.20 bits per heavy atom. The third kappa shape index (κ3) is 2.21. The Kier molecular flexibility index (Phi) is 4.11. The number of aromatic nitrogens is 2. The molecule has 0 fully saturated rings. The van der Waals surface area contributed by atoms with Crippen LogP contribution in [-0.2, 0) is 13.1 Å². The van der Waals surface area contributed by atoms with Gasteiger partial charge < -0.3 is 5.11 Å². The minimum atomic E-state index is -0.705. The molecule has 0 saturated heterocycles. The molecule has 0 bridgehead atoms. The third-order valence-corrected chi connectivity index (χ3v) is 3.76. The van der Waals surface area contributed by atoms with E-state index in [-0.39, 0.29) is 27.1 Å². The lowest BCUT2D eigenvalue weighted by Crippen LogP contribution is -2.22. The van der Waals surface area contributed by atoms with E-state index in [4.69, 9.17) is 23.2 Å². The monoisotopic (exact) mass is 318 g/mol. The van der Waals surface area contributed by atoms with Gasteiger partial charge in [-0.05, 0) is 26.0 Å². The molecule has 1 aromatic heterocycles. The molecule has 0 aliphatic heterocycles. The van der Waals surface area contributed by atoms with Crippen molar-refractivity contribution in [2.75, 3.05) is 0 Å². The molecular formula is C13H13Cl2FN2O2. The number of phenolic OH excluding ortho intramolecular Hbond substituents is 1. The number of phenols is 1. The van der Waals surface area contributed by atoms with Crippen molar-refractivity contribution in [2.45, 2.75) is 26.9 Å². The van der Waals surface area contributed by atoms with Crippen LogP contribution in [-0.4, -0.2) is 14.5 Å². The van der Waals surface area contributed by atoms with Gasteiger partial charge >= 0.3 is 0 Å². The number of rotatable bonds is 3. The summed E-state index contributed by atoms with van der Waals surface area (Å²) >= 11 is 11.8. The van der Waals surface area contributed by atoms with Crippen molar-refractivity contribution in [2.24, 2.45) is 0 Å². The largest absolute Gasteiger partial charge is 0.506 e. The highest BCUT2D eigenvalue weighted by atomic mass is 35.5. The van der Waals surface area contributed by atoms with E-state index in [2.05, 4.69) is 0 Å². The van der Waals surface area contributed by atoms with Gasteiger partial charge in [0.25, 0.3) is 5.56 Å². The van der Waals surface area contributed by atoms with Gasteiger partial charge in [-0.1, -0.05) is 23.2 Å². The van der Waals surface area contributed by atoms with E-state index < -0.39 is 11.4 Å².